The second kappa shape index (κ2) is 7.34. The quantitative estimate of drug-likeness (QED) is 0.918. The second-order valence-corrected chi connectivity index (χ2v) is 6.98. The van der Waals surface area contributed by atoms with Crippen LogP contribution in [-0.2, 0) is 13.1 Å². The summed E-state index contributed by atoms with van der Waals surface area (Å²) in [4.78, 5) is 12.7. The molecule has 1 N–H and O–H groups in total. The number of benzene rings is 1. The molecule has 1 atom stereocenters. The van der Waals surface area contributed by atoms with Crippen molar-refractivity contribution in [3.63, 3.8) is 0 Å². The Bertz CT molecular complexity index is 721. The Kier molecular flexibility index (Phi) is 5.19. The van der Waals surface area contributed by atoms with Gasteiger partial charge in [0.2, 0.25) is 0 Å². The Labute approximate surface area is 143 Å². The van der Waals surface area contributed by atoms with E-state index in [1.807, 2.05) is 11.5 Å². The molecule has 1 saturated heterocycles. The van der Waals surface area contributed by atoms with E-state index in [0.29, 0.717) is 24.9 Å². The van der Waals surface area contributed by atoms with Gasteiger partial charge in [0.05, 0.1) is 6.54 Å². The maximum absolute atomic E-state index is 12.7. The van der Waals surface area contributed by atoms with Crippen molar-refractivity contribution < 1.29 is 0 Å². The lowest BCUT2D eigenvalue weighted by Gasteiger charge is -2.21. The van der Waals surface area contributed by atoms with Crippen LogP contribution in [0, 0.1) is 0 Å². The van der Waals surface area contributed by atoms with Gasteiger partial charge < -0.3 is 5.32 Å². The molecule has 1 aromatic heterocycles. The molecule has 1 aliphatic rings. The van der Waals surface area contributed by atoms with Crippen LogP contribution in [0.25, 0.3) is 0 Å². The van der Waals surface area contributed by atoms with Gasteiger partial charge in [0.1, 0.15) is 5.82 Å². The summed E-state index contributed by atoms with van der Waals surface area (Å²) in [6.07, 6.45) is 2.25. The standard InChI is InChI=1S/C19H28N4O/c1-4-22-18(17-6-5-11-20-12-17)21-23(19(22)24)13-15-7-9-16(10-8-15)14(2)3/h7-10,14,17,20H,4-6,11-13H2,1-3H3/t17-/m1/s1. The van der Waals surface area contributed by atoms with Crippen molar-refractivity contribution in [2.75, 3.05) is 13.1 Å². The van der Waals surface area contributed by atoms with E-state index in [2.05, 4.69) is 48.5 Å². The molecule has 0 radical (unpaired) electrons. The second-order valence-electron chi connectivity index (χ2n) is 6.98. The smallest absolute Gasteiger partial charge is 0.316 e. The van der Waals surface area contributed by atoms with Crippen LogP contribution in [0.1, 0.15) is 62.4 Å². The van der Waals surface area contributed by atoms with E-state index in [9.17, 15) is 4.79 Å². The number of rotatable bonds is 5. The summed E-state index contributed by atoms with van der Waals surface area (Å²) in [6, 6.07) is 8.50. The van der Waals surface area contributed by atoms with E-state index in [4.69, 9.17) is 0 Å². The van der Waals surface area contributed by atoms with Gasteiger partial charge in [0.25, 0.3) is 0 Å². The minimum Gasteiger partial charge on any atom is -0.316 e. The zero-order valence-electron chi connectivity index (χ0n) is 15.0. The minimum atomic E-state index is 0.00556. The van der Waals surface area contributed by atoms with Crippen molar-refractivity contribution in [1.82, 2.24) is 19.7 Å². The van der Waals surface area contributed by atoms with Gasteiger partial charge >= 0.3 is 5.69 Å². The molecule has 0 aliphatic carbocycles. The number of piperidine rings is 1. The molecule has 1 fully saturated rings. The predicted molar refractivity (Wildman–Crippen MR) is 96.6 cm³/mol. The summed E-state index contributed by atoms with van der Waals surface area (Å²) in [5.41, 5.74) is 2.45. The molecule has 0 spiro atoms. The molecule has 2 heterocycles. The van der Waals surface area contributed by atoms with Crippen molar-refractivity contribution in [3.05, 3.63) is 51.7 Å². The molecule has 5 heteroatoms. The van der Waals surface area contributed by atoms with Gasteiger partial charge in [-0.2, -0.15) is 5.10 Å². The van der Waals surface area contributed by atoms with E-state index in [1.165, 1.54) is 5.56 Å². The van der Waals surface area contributed by atoms with E-state index < -0.39 is 0 Å². The van der Waals surface area contributed by atoms with Gasteiger partial charge in [-0.1, -0.05) is 38.1 Å². The van der Waals surface area contributed by atoms with Crippen LogP contribution >= 0.6 is 0 Å². The highest BCUT2D eigenvalue weighted by molar-refractivity contribution is 5.24. The summed E-state index contributed by atoms with van der Waals surface area (Å²) in [5.74, 6) is 1.80. The van der Waals surface area contributed by atoms with E-state index in [1.54, 1.807) is 4.68 Å². The van der Waals surface area contributed by atoms with Crippen LogP contribution in [0.15, 0.2) is 29.1 Å². The lowest BCUT2D eigenvalue weighted by Crippen LogP contribution is -2.31. The Balaban J connectivity index is 1.85. The van der Waals surface area contributed by atoms with E-state index in [0.717, 1.165) is 37.3 Å². The highest BCUT2D eigenvalue weighted by Gasteiger charge is 2.23. The first-order chi connectivity index (χ1) is 11.6. The predicted octanol–water partition coefficient (Wildman–Crippen LogP) is 2.70. The van der Waals surface area contributed by atoms with Crippen molar-refractivity contribution in [2.45, 2.75) is 58.5 Å². The van der Waals surface area contributed by atoms with E-state index >= 15 is 0 Å². The van der Waals surface area contributed by atoms with Gasteiger partial charge in [-0.3, -0.25) is 4.57 Å². The molecule has 2 aromatic rings. The fraction of sp³-hybridized carbons (Fsp3) is 0.579. The third-order valence-corrected chi connectivity index (χ3v) is 4.91. The van der Waals surface area contributed by atoms with Crippen LogP contribution in [0.5, 0.6) is 0 Å². The molecule has 0 bridgehead atoms. The zero-order chi connectivity index (χ0) is 17.1. The summed E-state index contributed by atoms with van der Waals surface area (Å²) in [6.45, 7) is 9.59. The molecule has 130 valence electrons. The van der Waals surface area contributed by atoms with Crippen molar-refractivity contribution in [1.29, 1.82) is 0 Å². The average molecular weight is 328 g/mol. The summed E-state index contributed by atoms with van der Waals surface area (Å²) >= 11 is 0. The number of hydrogen-bond donors (Lipinski definition) is 1. The Morgan fingerprint density at radius 2 is 2.04 bits per heavy atom. The van der Waals surface area contributed by atoms with Crippen LogP contribution in [0.3, 0.4) is 0 Å². The van der Waals surface area contributed by atoms with Gasteiger partial charge in [0.15, 0.2) is 0 Å². The number of nitrogens with zero attached hydrogens (tertiary/aromatic N) is 3. The largest absolute Gasteiger partial charge is 0.346 e. The summed E-state index contributed by atoms with van der Waals surface area (Å²) in [7, 11) is 0. The maximum atomic E-state index is 12.7. The molecule has 0 unspecified atom stereocenters. The molecule has 3 rings (SSSR count). The van der Waals surface area contributed by atoms with Gasteiger partial charge in [-0.25, -0.2) is 9.48 Å². The first-order valence-corrected chi connectivity index (χ1v) is 9.07. The fourth-order valence-electron chi connectivity index (χ4n) is 3.41. The summed E-state index contributed by atoms with van der Waals surface area (Å²) in [5, 5.41) is 8.10. The van der Waals surface area contributed by atoms with Crippen LogP contribution in [0.4, 0.5) is 0 Å². The number of nitrogens with one attached hydrogen (secondary N) is 1. The first kappa shape index (κ1) is 17.0. The Morgan fingerprint density at radius 1 is 1.29 bits per heavy atom. The van der Waals surface area contributed by atoms with Gasteiger partial charge in [0, 0.05) is 19.0 Å². The Hall–Kier alpha value is -1.88. The minimum absolute atomic E-state index is 0.00556. The normalized spacial score (nSPS) is 18.2. The van der Waals surface area contributed by atoms with E-state index in [-0.39, 0.29) is 5.69 Å². The average Bonchev–Trinajstić information content (AvgIpc) is 2.92. The SMILES string of the molecule is CCn1c([C@@H]2CCCNC2)nn(Cc2ccc(C(C)C)cc2)c1=O. The topological polar surface area (TPSA) is 51.9 Å². The first-order valence-electron chi connectivity index (χ1n) is 9.07. The highest BCUT2D eigenvalue weighted by Crippen LogP contribution is 2.21. The monoisotopic (exact) mass is 328 g/mol. The fourth-order valence-corrected chi connectivity index (χ4v) is 3.41. The number of aromatic nitrogens is 3. The van der Waals surface area contributed by atoms with Gasteiger partial charge in [-0.05, 0) is 43.4 Å². The summed E-state index contributed by atoms with van der Waals surface area (Å²) < 4.78 is 3.46. The molecule has 1 aromatic carbocycles. The Morgan fingerprint density at radius 3 is 2.62 bits per heavy atom. The molecule has 5 nitrogen and oxygen atoms in total. The molecule has 0 saturated carbocycles. The number of hydrogen-bond acceptors (Lipinski definition) is 3. The molecular formula is C19H28N4O. The molecule has 24 heavy (non-hydrogen) atoms. The molecule has 0 amide bonds. The van der Waals surface area contributed by atoms with Crippen LogP contribution in [0.2, 0.25) is 0 Å². The molecule has 1 aliphatic heterocycles. The van der Waals surface area contributed by atoms with Crippen molar-refractivity contribution in [3.8, 4) is 0 Å². The third kappa shape index (κ3) is 3.46. The lowest BCUT2D eigenvalue weighted by atomic mass is 9.99. The van der Waals surface area contributed by atoms with Crippen molar-refractivity contribution in [2.24, 2.45) is 0 Å². The molecular weight excluding hydrogens is 300 g/mol. The van der Waals surface area contributed by atoms with Crippen LogP contribution in [-0.4, -0.2) is 27.4 Å². The van der Waals surface area contributed by atoms with Gasteiger partial charge in [-0.15, -0.1) is 0 Å². The third-order valence-electron chi connectivity index (χ3n) is 4.91. The maximum Gasteiger partial charge on any atom is 0.346 e. The lowest BCUT2D eigenvalue weighted by molar-refractivity contribution is 0.431. The zero-order valence-corrected chi connectivity index (χ0v) is 15.0. The highest BCUT2D eigenvalue weighted by atomic mass is 16.2. The van der Waals surface area contributed by atoms with Crippen molar-refractivity contribution >= 4 is 0 Å². The van der Waals surface area contributed by atoms with Crippen LogP contribution < -0.4 is 11.0 Å².